The van der Waals surface area contributed by atoms with Gasteiger partial charge in [0.05, 0.1) is 18.4 Å². The summed E-state index contributed by atoms with van der Waals surface area (Å²) in [6.45, 7) is 9.68. The van der Waals surface area contributed by atoms with Crippen molar-refractivity contribution in [1.82, 2.24) is 4.90 Å². The second-order valence-corrected chi connectivity index (χ2v) is 6.79. The molecule has 0 atom stereocenters. The first-order valence-corrected chi connectivity index (χ1v) is 8.23. The Bertz CT molecular complexity index is 497. The van der Waals surface area contributed by atoms with E-state index in [1.807, 2.05) is 18.2 Å². The summed E-state index contributed by atoms with van der Waals surface area (Å²) in [4.78, 5) is 16.4. The fraction of sp³-hybridized carbons (Fsp3) is 0.500. The fourth-order valence-electron chi connectivity index (χ4n) is 2.60. The third-order valence-electron chi connectivity index (χ3n) is 3.62. The van der Waals surface area contributed by atoms with Gasteiger partial charge >= 0.3 is 5.97 Å². The highest BCUT2D eigenvalue weighted by molar-refractivity contribution is 14.1. The van der Waals surface area contributed by atoms with Crippen LogP contribution < -0.4 is 4.90 Å². The van der Waals surface area contributed by atoms with Crippen molar-refractivity contribution in [3.63, 3.8) is 0 Å². The summed E-state index contributed by atoms with van der Waals surface area (Å²) in [6, 6.07) is 5.78. The van der Waals surface area contributed by atoms with Crippen molar-refractivity contribution >= 4 is 34.2 Å². The zero-order valence-electron chi connectivity index (χ0n) is 12.9. The highest BCUT2D eigenvalue weighted by atomic mass is 127. The van der Waals surface area contributed by atoms with Gasteiger partial charge in [-0.15, -0.1) is 0 Å². The Hall–Kier alpha value is -0.820. The number of esters is 1. The molecular weight excluding hydrogens is 379 g/mol. The summed E-state index contributed by atoms with van der Waals surface area (Å²) >= 11 is 2.30. The molecule has 0 unspecified atom stereocenters. The molecule has 0 spiro atoms. The van der Waals surface area contributed by atoms with Gasteiger partial charge in [-0.2, -0.15) is 0 Å². The third kappa shape index (κ3) is 4.32. The number of hydrogen-bond donors (Lipinski definition) is 0. The van der Waals surface area contributed by atoms with E-state index in [2.05, 4.69) is 46.2 Å². The Morgan fingerprint density at radius 3 is 2.43 bits per heavy atom. The molecule has 1 fully saturated rings. The Labute approximate surface area is 140 Å². The van der Waals surface area contributed by atoms with Crippen LogP contribution in [0.4, 0.5) is 5.69 Å². The Morgan fingerprint density at radius 1 is 1.24 bits per heavy atom. The monoisotopic (exact) mass is 401 g/mol. The first-order chi connectivity index (χ1) is 10.0. The molecule has 2 rings (SSSR count). The zero-order valence-corrected chi connectivity index (χ0v) is 15.0. The van der Waals surface area contributed by atoms with Gasteiger partial charge in [0.1, 0.15) is 0 Å². The van der Waals surface area contributed by atoms with Crippen LogP contribution in [-0.2, 0) is 4.74 Å². The summed E-state index contributed by atoms with van der Waals surface area (Å²) < 4.78 is 5.86. The zero-order chi connectivity index (χ0) is 15.4. The molecule has 0 saturated carbocycles. The highest BCUT2D eigenvalue weighted by Gasteiger charge is 2.20. The van der Waals surface area contributed by atoms with Crippen molar-refractivity contribution in [2.24, 2.45) is 0 Å². The van der Waals surface area contributed by atoms with Gasteiger partial charge in [0.2, 0.25) is 0 Å². The van der Waals surface area contributed by atoms with E-state index in [1.54, 1.807) is 0 Å². The average molecular weight is 401 g/mol. The second kappa shape index (κ2) is 7.45. The molecule has 0 aliphatic carbocycles. The van der Waals surface area contributed by atoms with Crippen LogP contribution >= 0.6 is 22.6 Å². The van der Waals surface area contributed by atoms with E-state index in [4.69, 9.17) is 4.74 Å². The number of rotatable bonds is 4. The average Bonchev–Trinajstić information content (AvgIpc) is 2.47. The maximum atomic E-state index is 11.6. The van der Waals surface area contributed by atoms with Crippen LogP contribution in [0, 0.1) is 9.49 Å². The highest BCUT2D eigenvalue weighted by Crippen LogP contribution is 2.25. The maximum absolute atomic E-state index is 11.6. The van der Waals surface area contributed by atoms with Gasteiger partial charge < -0.3 is 9.64 Å². The number of nitrogens with zero attached hydrogens (tertiary/aromatic N) is 2. The Kier molecular flexibility index (Phi) is 5.87. The maximum Gasteiger partial charge on any atom is 0.337 e. The molecule has 0 aromatic heterocycles. The number of carbonyl (C=O) groups excluding carboxylic acids is 1. The predicted octanol–water partition coefficient (Wildman–Crippen LogP) is 2.81. The van der Waals surface area contributed by atoms with Crippen molar-refractivity contribution in [2.75, 3.05) is 44.7 Å². The predicted molar refractivity (Wildman–Crippen MR) is 93.7 cm³/mol. The summed E-state index contributed by atoms with van der Waals surface area (Å²) in [5.74, 6) is 1.18. The lowest BCUT2D eigenvalue weighted by atomic mass is 10.1. The molecule has 5 heteroatoms. The number of halogens is 1. The van der Waals surface area contributed by atoms with Crippen LogP contribution in [-0.4, -0.2) is 50.7 Å². The van der Waals surface area contributed by atoms with Gasteiger partial charge in [-0.25, -0.2) is 4.79 Å². The lowest BCUT2D eigenvalue weighted by Crippen LogP contribution is -2.47. The normalized spacial score (nSPS) is 16.3. The molecule has 21 heavy (non-hydrogen) atoms. The first kappa shape index (κ1) is 16.5. The van der Waals surface area contributed by atoms with Crippen LogP contribution in [0.3, 0.4) is 0 Å². The molecule has 0 N–H and O–H groups in total. The molecule has 1 aliphatic heterocycles. The standard InChI is InChI=1S/C16H22IN2O2/c1-12(2)11-18-6-8-19(9-7-18)15-5-4-13(10-14(15)17)16(20)21-3/h4-5,10H,6-9,11H2,1-3H3. The molecule has 1 saturated heterocycles. The van der Waals surface area contributed by atoms with Crippen LogP contribution in [0.15, 0.2) is 18.2 Å². The van der Waals surface area contributed by atoms with Crippen molar-refractivity contribution in [2.45, 2.75) is 13.8 Å². The summed E-state index contributed by atoms with van der Waals surface area (Å²) in [6.07, 6.45) is 0. The molecule has 1 aliphatic rings. The van der Waals surface area contributed by atoms with E-state index in [0.29, 0.717) is 5.56 Å². The molecule has 0 amide bonds. The van der Waals surface area contributed by atoms with Crippen molar-refractivity contribution in [3.8, 4) is 0 Å². The van der Waals surface area contributed by atoms with Gasteiger partial charge in [-0.1, -0.05) is 13.8 Å². The summed E-state index contributed by atoms with van der Waals surface area (Å²) in [5, 5.41) is 0. The quantitative estimate of drug-likeness (QED) is 0.574. The van der Waals surface area contributed by atoms with Gasteiger partial charge in [0.25, 0.3) is 0 Å². The molecule has 0 bridgehead atoms. The van der Waals surface area contributed by atoms with Crippen LogP contribution in [0.25, 0.3) is 0 Å². The molecule has 4 nitrogen and oxygen atoms in total. The third-order valence-corrected chi connectivity index (χ3v) is 4.49. The number of carbonyl (C=O) groups is 1. The molecule has 1 heterocycles. The molecule has 1 aromatic carbocycles. The molecule has 1 aromatic rings. The fourth-order valence-corrected chi connectivity index (χ4v) is 3.46. The van der Waals surface area contributed by atoms with E-state index in [9.17, 15) is 4.79 Å². The number of ether oxygens (including phenoxy) is 1. The van der Waals surface area contributed by atoms with Crippen LogP contribution in [0.2, 0.25) is 0 Å². The van der Waals surface area contributed by atoms with Gasteiger partial charge in [-0.3, -0.25) is 4.90 Å². The van der Waals surface area contributed by atoms with Crippen molar-refractivity contribution in [3.05, 3.63) is 33.3 Å². The van der Waals surface area contributed by atoms with E-state index in [-0.39, 0.29) is 5.97 Å². The Morgan fingerprint density at radius 2 is 1.90 bits per heavy atom. The lowest BCUT2D eigenvalue weighted by molar-refractivity contribution is 0.0600. The number of piperazine rings is 1. The number of hydrogen-bond acceptors (Lipinski definition) is 4. The summed E-state index contributed by atoms with van der Waals surface area (Å²) in [5.41, 5.74) is 1.82. The molecule has 115 valence electrons. The van der Waals surface area contributed by atoms with E-state index >= 15 is 0 Å². The number of benzene rings is 1. The largest absolute Gasteiger partial charge is 0.465 e. The second-order valence-electron chi connectivity index (χ2n) is 5.63. The van der Waals surface area contributed by atoms with Crippen LogP contribution in [0.1, 0.15) is 24.2 Å². The minimum absolute atomic E-state index is 0.279. The van der Waals surface area contributed by atoms with Gasteiger partial charge in [0, 0.05) is 36.3 Å². The van der Waals surface area contributed by atoms with Crippen LogP contribution in [0.5, 0.6) is 0 Å². The van der Waals surface area contributed by atoms with Gasteiger partial charge in [0.15, 0.2) is 0 Å². The number of anilines is 1. The van der Waals surface area contributed by atoms with Gasteiger partial charge in [-0.05, 0) is 46.7 Å². The number of methoxy groups -OCH3 is 1. The Balaban J connectivity index is 2.02. The van der Waals surface area contributed by atoms with Crippen molar-refractivity contribution < 1.29 is 9.53 Å². The summed E-state index contributed by atoms with van der Waals surface area (Å²) in [7, 11) is 1.41. The topological polar surface area (TPSA) is 32.8 Å². The van der Waals surface area contributed by atoms with E-state index < -0.39 is 0 Å². The first-order valence-electron chi connectivity index (χ1n) is 7.15. The smallest absolute Gasteiger partial charge is 0.337 e. The SMILES string of the molecule is COC(=O)c1ccc(N2CCN(C[C](C)C)CC2)c(I)c1. The van der Waals surface area contributed by atoms with Crippen molar-refractivity contribution in [1.29, 1.82) is 0 Å². The van der Waals surface area contributed by atoms with E-state index in [1.165, 1.54) is 18.7 Å². The lowest BCUT2D eigenvalue weighted by Gasteiger charge is -2.37. The van der Waals surface area contributed by atoms with E-state index in [0.717, 1.165) is 36.3 Å². The molecule has 1 radical (unpaired) electrons. The molecular formula is C16H22IN2O2. The minimum Gasteiger partial charge on any atom is -0.465 e. The minimum atomic E-state index is -0.279.